The summed E-state index contributed by atoms with van der Waals surface area (Å²) in [7, 11) is -1.12. The van der Waals surface area contributed by atoms with E-state index in [4.69, 9.17) is 11.6 Å². The van der Waals surface area contributed by atoms with E-state index < -0.39 is 10.8 Å². The van der Waals surface area contributed by atoms with Crippen molar-refractivity contribution in [2.45, 2.75) is 26.0 Å². The first kappa shape index (κ1) is 14.4. The van der Waals surface area contributed by atoms with Gasteiger partial charge in [0.15, 0.2) is 0 Å². The van der Waals surface area contributed by atoms with Crippen molar-refractivity contribution in [3.05, 3.63) is 34.9 Å². The average molecular weight is 273 g/mol. The lowest BCUT2D eigenvalue weighted by Gasteiger charge is -2.07. The van der Waals surface area contributed by atoms with Gasteiger partial charge in [-0.1, -0.05) is 37.6 Å². The van der Waals surface area contributed by atoms with Crippen LogP contribution in [0, 0.1) is 5.92 Å². The molecule has 0 aliphatic rings. The first-order valence-corrected chi connectivity index (χ1v) is 7.51. The van der Waals surface area contributed by atoms with Crippen LogP contribution in [0.1, 0.15) is 25.8 Å². The fraction of sp³-hybridized carbons (Fsp3) is 0.462. The van der Waals surface area contributed by atoms with Gasteiger partial charge in [-0.05, 0) is 24.1 Å². The quantitative estimate of drug-likeness (QED) is 0.797. The third-order valence-corrected chi connectivity index (χ3v) is 4.22. The van der Waals surface area contributed by atoms with Crippen molar-refractivity contribution < 1.29 is 9.00 Å². The first-order valence-electron chi connectivity index (χ1n) is 5.65. The number of ketones is 1. The number of Topliss-reactive ketones (excluding diaryl/α,β-unsaturated/α-hetero) is 1. The second kappa shape index (κ2) is 6.92. The molecule has 0 saturated carbocycles. The largest absolute Gasteiger partial charge is 0.298 e. The summed E-state index contributed by atoms with van der Waals surface area (Å²) in [6.45, 7) is 3.84. The number of hydrogen-bond donors (Lipinski definition) is 0. The molecule has 0 aromatic heterocycles. The molecule has 0 N–H and O–H groups in total. The maximum Gasteiger partial charge on any atom is 0.148 e. The summed E-state index contributed by atoms with van der Waals surface area (Å²) in [5.41, 5.74) is 0.949. The van der Waals surface area contributed by atoms with Crippen LogP contribution >= 0.6 is 11.6 Å². The molecular formula is C13H17ClO2S. The Bertz CT molecular complexity index is 400. The van der Waals surface area contributed by atoms with Crippen molar-refractivity contribution in [3.8, 4) is 0 Å². The summed E-state index contributed by atoms with van der Waals surface area (Å²) < 4.78 is 11.8. The van der Waals surface area contributed by atoms with Gasteiger partial charge in [0.25, 0.3) is 0 Å². The lowest BCUT2D eigenvalue weighted by atomic mass is 10.1. The van der Waals surface area contributed by atoms with Gasteiger partial charge in [0, 0.05) is 27.5 Å². The zero-order chi connectivity index (χ0) is 12.8. The maximum atomic E-state index is 11.8. The number of halogens is 1. The third-order valence-electron chi connectivity index (χ3n) is 2.71. The van der Waals surface area contributed by atoms with Crippen LogP contribution in [0.3, 0.4) is 0 Å². The Kier molecular flexibility index (Phi) is 5.86. The molecule has 2 atom stereocenters. The van der Waals surface area contributed by atoms with Gasteiger partial charge >= 0.3 is 0 Å². The number of carbonyl (C=O) groups excluding carboxylic acids is 1. The number of carbonyl (C=O) groups is 1. The van der Waals surface area contributed by atoms with E-state index in [0.29, 0.717) is 10.8 Å². The second-order valence-corrected chi connectivity index (χ2v) is 6.02. The lowest BCUT2D eigenvalue weighted by molar-refractivity contribution is -0.119. The summed E-state index contributed by atoms with van der Waals surface area (Å²) in [5.74, 6) is 0.653. The molecule has 0 bridgehead atoms. The van der Waals surface area contributed by atoms with E-state index in [0.717, 1.165) is 12.0 Å². The van der Waals surface area contributed by atoms with Crippen LogP contribution in [0.5, 0.6) is 0 Å². The topological polar surface area (TPSA) is 34.1 Å². The minimum absolute atomic E-state index is 0.00386. The average Bonchev–Trinajstić information content (AvgIpc) is 2.30. The van der Waals surface area contributed by atoms with Crippen LogP contribution in [-0.4, -0.2) is 15.7 Å². The molecule has 0 aliphatic heterocycles. The molecule has 0 amide bonds. The van der Waals surface area contributed by atoms with Crippen molar-refractivity contribution >= 4 is 28.2 Å². The summed E-state index contributed by atoms with van der Waals surface area (Å²) in [6, 6.07) is 7.22. The molecule has 2 nitrogen and oxygen atoms in total. The smallest absolute Gasteiger partial charge is 0.148 e. The Labute approximate surface area is 110 Å². The van der Waals surface area contributed by atoms with Crippen molar-refractivity contribution in [1.29, 1.82) is 0 Å². The zero-order valence-corrected chi connectivity index (χ0v) is 11.7. The highest BCUT2D eigenvalue weighted by Gasteiger charge is 2.14. The zero-order valence-electron chi connectivity index (χ0n) is 10.1. The normalized spacial score (nSPS) is 14.3. The molecule has 0 fully saturated rings. The van der Waals surface area contributed by atoms with E-state index in [1.54, 1.807) is 12.1 Å². The minimum Gasteiger partial charge on any atom is -0.298 e. The molecule has 0 aliphatic carbocycles. The van der Waals surface area contributed by atoms with Crippen molar-refractivity contribution in [2.24, 2.45) is 5.92 Å². The van der Waals surface area contributed by atoms with Gasteiger partial charge in [-0.15, -0.1) is 0 Å². The van der Waals surface area contributed by atoms with Gasteiger partial charge in [0.05, 0.1) is 5.75 Å². The van der Waals surface area contributed by atoms with Gasteiger partial charge in [-0.2, -0.15) is 0 Å². The van der Waals surface area contributed by atoms with Gasteiger partial charge in [-0.3, -0.25) is 9.00 Å². The molecule has 1 aromatic rings. The summed E-state index contributed by atoms with van der Waals surface area (Å²) in [4.78, 5) is 11.6. The Morgan fingerprint density at radius 1 is 1.35 bits per heavy atom. The van der Waals surface area contributed by atoms with Crippen LogP contribution in [0.15, 0.2) is 24.3 Å². The van der Waals surface area contributed by atoms with E-state index in [1.807, 2.05) is 26.0 Å². The monoisotopic (exact) mass is 272 g/mol. The predicted molar refractivity (Wildman–Crippen MR) is 72.6 cm³/mol. The predicted octanol–water partition coefficient (Wildman–Crippen LogP) is 3.20. The Hall–Kier alpha value is -0.670. The van der Waals surface area contributed by atoms with E-state index in [9.17, 15) is 9.00 Å². The summed E-state index contributed by atoms with van der Waals surface area (Å²) in [6.07, 6.45) is 0.803. The lowest BCUT2D eigenvalue weighted by Crippen LogP contribution is -2.18. The van der Waals surface area contributed by atoms with E-state index in [1.165, 1.54) is 0 Å². The number of benzene rings is 1. The maximum absolute atomic E-state index is 11.8. The van der Waals surface area contributed by atoms with Crippen LogP contribution in [-0.2, 0) is 21.3 Å². The molecule has 0 radical (unpaired) electrons. The van der Waals surface area contributed by atoms with Gasteiger partial charge in [0.2, 0.25) is 0 Å². The molecule has 0 heterocycles. The van der Waals surface area contributed by atoms with Crippen molar-refractivity contribution in [3.63, 3.8) is 0 Å². The van der Waals surface area contributed by atoms with Crippen molar-refractivity contribution in [1.82, 2.24) is 0 Å². The molecule has 1 aromatic carbocycles. The molecule has 2 unspecified atom stereocenters. The molecule has 1 rings (SSSR count). The summed E-state index contributed by atoms with van der Waals surface area (Å²) >= 11 is 5.76. The van der Waals surface area contributed by atoms with E-state index >= 15 is 0 Å². The van der Waals surface area contributed by atoms with E-state index in [2.05, 4.69) is 0 Å². The molecule has 0 saturated heterocycles. The highest BCUT2D eigenvalue weighted by molar-refractivity contribution is 7.84. The van der Waals surface area contributed by atoms with Crippen molar-refractivity contribution in [2.75, 3.05) is 5.75 Å². The fourth-order valence-corrected chi connectivity index (χ4v) is 2.74. The van der Waals surface area contributed by atoms with Gasteiger partial charge in [0.1, 0.15) is 5.78 Å². The standard InChI is InChI=1S/C13H17ClO2S/c1-3-10(2)13(15)9-17(16)8-11-4-6-12(14)7-5-11/h4-7,10H,3,8-9H2,1-2H3. The molecule has 94 valence electrons. The van der Waals surface area contributed by atoms with Gasteiger partial charge in [-0.25, -0.2) is 0 Å². The molecule has 17 heavy (non-hydrogen) atoms. The van der Waals surface area contributed by atoms with Gasteiger partial charge < -0.3 is 0 Å². The highest BCUT2D eigenvalue weighted by atomic mass is 35.5. The van der Waals surface area contributed by atoms with E-state index in [-0.39, 0.29) is 17.5 Å². The third kappa shape index (κ3) is 5.00. The molecular weight excluding hydrogens is 256 g/mol. The number of rotatable bonds is 6. The Morgan fingerprint density at radius 2 is 1.94 bits per heavy atom. The van der Waals surface area contributed by atoms with Crippen LogP contribution in [0.25, 0.3) is 0 Å². The second-order valence-electron chi connectivity index (χ2n) is 4.13. The Morgan fingerprint density at radius 3 is 2.47 bits per heavy atom. The molecule has 0 spiro atoms. The fourth-order valence-electron chi connectivity index (χ4n) is 1.35. The highest BCUT2D eigenvalue weighted by Crippen LogP contribution is 2.12. The Balaban J connectivity index is 2.50. The SMILES string of the molecule is CCC(C)C(=O)CS(=O)Cc1ccc(Cl)cc1. The number of hydrogen-bond acceptors (Lipinski definition) is 2. The van der Waals surface area contributed by atoms with Crippen LogP contribution in [0.4, 0.5) is 0 Å². The summed E-state index contributed by atoms with van der Waals surface area (Å²) in [5, 5.41) is 0.662. The molecule has 4 heteroatoms. The minimum atomic E-state index is -1.12. The van der Waals surface area contributed by atoms with Crippen LogP contribution < -0.4 is 0 Å². The van der Waals surface area contributed by atoms with Crippen LogP contribution in [0.2, 0.25) is 5.02 Å². The first-order chi connectivity index (χ1) is 8.02.